The van der Waals surface area contributed by atoms with Crippen LogP contribution in [0.5, 0.6) is 0 Å². The second-order valence-electron chi connectivity index (χ2n) is 4.94. The summed E-state index contributed by atoms with van der Waals surface area (Å²) in [6.07, 6.45) is 5.98. The number of hydrogen-bond acceptors (Lipinski definition) is 4. The third-order valence-electron chi connectivity index (χ3n) is 3.08. The molecule has 0 saturated heterocycles. The minimum absolute atomic E-state index is 0.381. The number of nitrogens with one attached hydrogen (secondary N) is 2. The van der Waals surface area contributed by atoms with Crippen LogP contribution < -0.4 is 10.0 Å². The number of nitrogens with zero attached hydrogens (tertiary/aromatic N) is 2. The molecule has 7 heteroatoms. The summed E-state index contributed by atoms with van der Waals surface area (Å²) >= 11 is 0. The van der Waals surface area contributed by atoms with Crippen molar-refractivity contribution in [1.82, 2.24) is 19.3 Å². The van der Waals surface area contributed by atoms with E-state index in [0.717, 1.165) is 31.5 Å². The Morgan fingerprint density at radius 2 is 2.10 bits per heavy atom. The Bertz CT molecular complexity index is 479. The molecule has 21 heavy (non-hydrogen) atoms. The molecule has 1 rings (SSSR count). The Morgan fingerprint density at radius 1 is 1.29 bits per heavy atom. The van der Waals surface area contributed by atoms with Crippen molar-refractivity contribution < 1.29 is 8.42 Å². The molecule has 1 aromatic heterocycles. The molecule has 0 saturated carbocycles. The molecule has 0 aliphatic rings. The second kappa shape index (κ2) is 9.83. The normalized spacial score (nSPS) is 12.0. The second-order valence-corrected chi connectivity index (χ2v) is 6.80. The van der Waals surface area contributed by atoms with E-state index >= 15 is 0 Å². The third kappa shape index (κ3) is 7.52. The van der Waals surface area contributed by atoms with Crippen molar-refractivity contribution in [2.45, 2.75) is 26.2 Å². The van der Waals surface area contributed by atoms with Crippen molar-refractivity contribution in [2.24, 2.45) is 0 Å². The maximum absolute atomic E-state index is 12.0. The van der Waals surface area contributed by atoms with Crippen LogP contribution in [0.25, 0.3) is 0 Å². The highest BCUT2D eigenvalue weighted by Gasteiger charge is 2.15. The molecule has 0 aromatic carbocycles. The number of rotatable bonds is 11. The van der Waals surface area contributed by atoms with E-state index in [1.807, 2.05) is 12.1 Å². The SMILES string of the molecule is CCCNCCCN(C)S(=O)(=O)NCCc1cccnc1. The van der Waals surface area contributed by atoms with Crippen molar-refractivity contribution in [3.63, 3.8) is 0 Å². The fourth-order valence-electron chi connectivity index (χ4n) is 1.83. The Kier molecular flexibility index (Phi) is 8.44. The minimum atomic E-state index is -3.39. The average Bonchev–Trinajstić information content (AvgIpc) is 2.47. The maximum atomic E-state index is 12.0. The summed E-state index contributed by atoms with van der Waals surface area (Å²) in [5.74, 6) is 0. The van der Waals surface area contributed by atoms with Crippen LogP contribution >= 0.6 is 0 Å². The van der Waals surface area contributed by atoms with Gasteiger partial charge < -0.3 is 5.32 Å². The predicted octanol–water partition coefficient (Wildman–Crippen LogP) is 0.780. The van der Waals surface area contributed by atoms with E-state index in [9.17, 15) is 8.42 Å². The number of aromatic nitrogens is 1. The average molecular weight is 314 g/mol. The Balaban J connectivity index is 2.25. The zero-order valence-corrected chi connectivity index (χ0v) is 13.7. The maximum Gasteiger partial charge on any atom is 0.279 e. The Hall–Kier alpha value is -1.02. The highest BCUT2D eigenvalue weighted by molar-refractivity contribution is 7.87. The van der Waals surface area contributed by atoms with E-state index in [4.69, 9.17) is 0 Å². The molecule has 2 N–H and O–H groups in total. The predicted molar refractivity (Wildman–Crippen MR) is 85.3 cm³/mol. The van der Waals surface area contributed by atoms with E-state index in [1.165, 1.54) is 4.31 Å². The zero-order valence-electron chi connectivity index (χ0n) is 12.9. The van der Waals surface area contributed by atoms with Gasteiger partial charge in [-0.25, -0.2) is 4.72 Å². The fraction of sp³-hybridized carbons (Fsp3) is 0.643. The molecule has 0 fully saturated rings. The van der Waals surface area contributed by atoms with Crippen molar-refractivity contribution >= 4 is 10.2 Å². The van der Waals surface area contributed by atoms with Gasteiger partial charge in [-0.05, 0) is 44.0 Å². The molecular formula is C14H26N4O2S. The van der Waals surface area contributed by atoms with Gasteiger partial charge in [0.25, 0.3) is 10.2 Å². The quantitative estimate of drug-likeness (QED) is 0.592. The van der Waals surface area contributed by atoms with Crippen LogP contribution in [0.2, 0.25) is 0 Å². The molecule has 0 radical (unpaired) electrons. The molecule has 6 nitrogen and oxygen atoms in total. The largest absolute Gasteiger partial charge is 0.317 e. The first-order valence-electron chi connectivity index (χ1n) is 7.37. The molecule has 0 spiro atoms. The summed E-state index contributed by atoms with van der Waals surface area (Å²) in [6, 6.07) is 3.78. The molecule has 1 aromatic rings. The van der Waals surface area contributed by atoms with Crippen molar-refractivity contribution in [3.8, 4) is 0 Å². The lowest BCUT2D eigenvalue weighted by atomic mass is 10.2. The molecule has 0 aliphatic heterocycles. The van der Waals surface area contributed by atoms with Crippen LogP contribution in [0.3, 0.4) is 0 Å². The lowest BCUT2D eigenvalue weighted by Crippen LogP contribution is -2.40. The Morgan fingerprint density at radius 3 is 2.76 bits per heavy atom. The van der Waals surface area contributed by atoms with Crippen molar-refractivity contribution in [2.75, 3.05) is 33.2 Å². The summed E-state index contributed by atoms with van der Waals surface area (Å²) < 4.78 is 28.0. The van der Waals surface area contributed by atoms with E-state index in [1.54, 1.807) is 19.4 Å². The van der Waals surface area contributed by atoms with E-state index in [-0.39, 0.29) is 0 Å². The minimum Gasteiger partial charge on any atom is -0.317 e. The van der Waals surface area contributed by atoms with Gasteiger partial charge in [0.2, 0.25) is 0 Å². The van der Waals surface area contributed by atoms with Gasteiger partial charge in [-0.15, -0.1) is 0 Å². The van der Waals surface area contributed by atoms with Gasteiger partial charge in [0.15, 0.2) is 0 Å². The van der Waals surface area contributed by atoms with Crippen LogP contribution in [-0.4, -0.2) is 50.9 Å². The first-order chi connectivity index (χ1) is 10.1. The molecular weight excluding hydrogens is 288 g/mol. The summed E-state index contributed by atoms with van der Waals surface area (Å²) in [5.41, 5.74) is 1.02. The monoisotopic (exact) mass is 314 g/mol. The van der Waals surface area contributed by atoms with Crippen LogP contribution in [0.4, 0.5) is 0 Å². The first kappa shape index (κ1) is 18.0. The van der Waals surface area contributed by atoms with E-state index in [2.05, 4.69) is 21.9 Å². The third-order valence-corrected chi connectivity index (χ3v) is 4.66. The van der Waals surface area contributed by atoms with Gasteiger partial charge >= 0.3 is 0 Å². The van der Waals surface area contributed by atoms with Gasteiger partial charge in [0.1, 0.15) is 0 Å². The van der Waals surface area contributed by atoms with Crippen LogP contribution in [0.1, 0.15) is 25.3 Å². The smallest absolute Gasteiger partial charge is 0.279 e. The highest BCUT2D eigenvalue weighted by atomic mass is 32.2. The number of pyridine rings is 1. The van der Waals surface area contributed by atoms with E-state index < -0.39 is 10.2 Å². The molecule has 0 amide bonds. The van der Waals surface area contributed by atoms with Gasteiger partial charge in [0.05, 0.1) is 0 Å². The van der Waals surface area contributed by atoms with Gasteiger partial charge in [-0.2, -0.15) is 12.7 Å². The molecule has 0 aliphatic carbocycles. The van der Waals surface area contributed by atoms with Crippen LogP contribution in [0, 0.1) is 0 Å². The highest BCUT2D eigenvalue weighted by Crippen LogP contribution is 1.99. The summed E-state index contributed by atoms with van der Waals surface area (Å²) in [6.45, 7) is 4.81. The van der Waals surface area contributed by atoms with Gasteiger partial charge in [0, 0.05) is 32.5 Å². The standard InChI is InChI=1S/C14H26N4O2S/c1-3-8-15-10-5-12-18(2)21(19,20)17-11-7-14-6-4-9-16-13-14/h4,6,9,13,15,17H,3,5,7-8,10-12H2,1-2H3. The molecule has 0 atom stereocenters. The first-order valence-corrected chi connectivity index (χ1v) is 8.81. The van der Waals surface area contributed by atoms with Crippen molar-refractivity contribution in [1.29, 1.82) is 0 Å². The van der Waals surface area contributed by atoms with Crippen molar-refractivity contribution in [3.05, 3.63) is 30.1 Å². The van der Waals surface area contributed by atoms with Gasteiger partial charge in [-0.3, -0.25) is 4.98 Å². The summed E-state index contributed by atoms with van der Waals surface area (Å²) in [4.78, 5) is 4.01. The lowest BCUT2D eigenvalue weighted by molar-refractivity contribution is 0.445. The molecule has 0 bridgehead atoms. The summed E-state index contributed by atoms with van der Waals surface area (Å²) in [5, 5.41) is 3.26. The lowest BCUT2D eigenvalue weighted by Gasteiger charge is -2.17. The van der Waals surface area contributed by atoms with E-state index in [0.29, 0.717) is 19.5 Å². The number of hydrogen-bond donors (Lipinski definition) is 2. The topological polar surface area (TPSA) is 74.3 Å². The fourth-order valence-corrected chi connectivity index (χ4v) is 2.78. The van der Waals surface area contributed by atoms with Crippen LogP contribution in [-0.2, 0) is 16.6 Å². The summed E-state index contributed by atoms with van der Waals surface area (Å²) in [7, 11) is -1.78. The molecule has 1 heterocycles. The van der Waals surface area contributed by atoms with Gasteiger partial charge in [-0.1, -0.05) is 13.0 Å². The zero-order chi connectivity index (χ0) is 15.6. The Labute approximate surface area is 128 Å². The van der Waals surface area contributed by atoms with Crippen LogP contribution in [0.15, 0.2) is 24.5 Å². The molecule has 0 unspecified atom stereocenters. The molecule has 120 valence electrons.